The quantitative estimate of drug-likeness (QED) is 0.741. The summed E-state index contributed by atoms with van der Waals surface area (Å²) in [5, 5.41) is 3.90. The molecule has 0 saturated carbocycles. The van der Waals surface area contributed by atoms with Crippen molar-refractivity contribution in [3.8, 4) is 11.3 Å². The van der Waals surface area contributed by atoms with E-state index in [0.717, 1.165) is 29.8 Å². The molecule has 2 aromatic heterocycles. The van der Waals surface area contributed by atoms with Gasteiger partial charge in [0.2, 0.25) is 0 Å². The van der Waals surface area contributed by atoms with Gasteiger partial charge in [-0.15, -0.1) is 0 Å². The molecule has 0 N–H and O–H groups in total. The van der Waals surface area contributed by atoms with Crippen LogP contribution < -0.4 is 0 Å². The van der Waals surface area contributed by atoms with Gasteiger partial charge in [-0.1, -0.05) is 18.5 Å². The molecular weight excluding hydrogens is 176 g/mol. The van der Waals surface area contributed by atoms with Crippen LogP contribution in [0.4, 0.5) is 0 Å². The van der Waals surface area contributed by atoms with Crippen molar-refractivity contribution >= 4 is 0 Å². The van der Waals surface area contributed by atoms with Gasteiger partial charge in [0.05, 0.1) is 11.9 Å². The molecular formula is C11H11N2O. The van der Waals surface area contributed by atoms with Crippen LogP contribution in [0.3, 0.4) is 0 Å². The number of pyridine rings is 1. The Labute approximate surface area is 82.8 Å². The first-order chi connectivity index (χ1) is 6.92. The first kappa shape index (κ1) is 8.94. The Morgan fingerprint density at radius 3 is 3.07 bits per heavy atom. The highest BCUT2D eigenvalue weighted by Crippen LogP contribution is 2.20. The average Bonchev–Trinajstić information content (AvgIpc) is 2.72. The second-order valence-corrected chi connectivity index (χ2v) is 3.07. The molecule has 2 rings (SSSR count). The van der Waals surface area contributed by atoms with E-state index in [1.807, 2.05) is 12.1 Å². The molecule has 0 bridgehead atoms. The lowest BCUT2D eigenvalue weighted by Gasteiger charge is -2.02. The van der Waals surface area contributed by atoms with Crippen LogP contribution in [-0.2, 0) is 6.42 Å². The largest absolute Gasteiger partial charge is 0.364 e. The lowest BCUT2D eigenvalue weighted by atomic mass is 10.1. The fourth-order valence-corrected chi connectivity index (χ4v) is 1.40. The molecule has 0 aliphatic carbocycles. The summed E-state index contributed by atoms with van der Waals surface area (Å²) in [7, 11) is 0. The van der Waals surface area contributed by atoms with E-state index in [4.69, 9.17) is 4.52 Å². The molecule has 2 aromatic rings. The average molecular weight is 187 g/mol. The molecule has 0 spiro atoms. The van der Waals surface area contributed by atoms with Gasteiger partial charge in [0, 0.05) is 11.6 Å². The van der Waals surface area contributed by atoms with Crippen LogP contribution in [0.1, 0.15) is 19.0 Å². The summed E-state index contributed by atoms with van der Waals surface area (Å²) < 4.78 is 4.81. The van der Waals surface area contributed by atoms with Crippen molar-refractivity contribution in [1.29, 1.82) is 0 Å². The third-order valence-electron chi connectivity index (χ3n) is 2.04. The zero-order valence-electron chi connectivity index (χ0n) is 8.03. The van der Waals surface area contributed by atoms with Gasteiger partial charge in [0.25, 0.3) is 0 Å². The molecule has 3 heteroatoms. The highest BCUT2D eigenvalue weighted by molar-refractivity contribution is 5.60. The van der Waals surface area contributed by atoms with Gasteiger partial charge >= 0.3 is 0 Å². The van der Waals surface area contributed by atoms with Gasteiger partial charge in [-0.05, 0) is 18.6 Å². The van der Waals surface area contributed by atoms with E-state index in [-0.39, 0.29) is 0 Å². The predicted molar refractivity (Wildman–Crippen MR) is 52.6 cm³/mol. The molecule has 14 heavy (non-hydrogen) atoms. The van der Waals surface area contributed by atoms with Crippen molar-refractivity contribution in [2.75, 3.05) is 0 Å². The highest BCUT2D eigenvalue weighted by atomic mass is 16.5. The molecule has 0 unspecified atom stereocenters. The summed E-state index contributed by atoms with van der Waals surface area (Å²) in [6, 6.07) is 5.61. The Hall–Kier alpha value is -1.64. The highest BCUT2D eigenvalue weighted by Gasteiger charge is 2.07. The number of aromatic nitrogens is 2. The van der Waals surface area contributed by atoms with Crippen molar-refractivity contribution in [2.45, 2.75) is 19.8 Å². The second kappa shape index (κ2) is 4.05. The normalized spacial score (nSPS) is 10.4. The minimum Gasteiger partial charge on any atom is -0.364 e. The Morgan fingerprint density at radius 1 is 1.43 bits per heavy atom. The maximum atomic E-state index is 4.81. The van der Waals surface area contributed by atoms with Crippen molar-refractivity contribution in [2.24, 2.45) is 0 Å². The molecule has 0 aliphatic rings. The SMILES string of the molecule is CCCc1n[c]ccc1-c1ccon1. The number of hydrogen-bond acceptors (Lipinski definition) is 3. The van der Waals surface area contributed by atoms with Gasteiger partial charge in [-0.2, -0.15) is 0 Å². The molecule has 0 saturated heterocycles. The van der Waals surface area contributed by atoms with Gasteiger partial charge in [-0.25, -0.2) is 0 Å². The lowest BCUT2D eigenvalue weighted by molar-refractivity contribution is 0.422. The minimum atomic E-state index is 0.843. The van der Waals surface area contributed by atoms with Gasteiger partial charge < -0.3 is 4.52 Å². The zero-order valence-corrected chi connectivity index (χ0v) is 8.03. The molecule has 0 atom stereocenters. The van der Waals surface area contributed by atoms with Crippen LogP contribution >= 0.6 is 0 Å². The Morgan fingerprint density at radius 2 is 2.36 bits per heavy atom. The van der Waals surface area contributed by atoms with E-state index in [1.165, 1.54) is 0 Å². The maximum absolute atomic E-state index is 4.81. The van der Waals surface area contributed by atoms with Gasteiger partial charge in [-0.3, -0.25) is 4.98 Å². The van der Waals surface area contributed by atoms with Crippen molar-refractivity contribution in [3.05, 3.63) is 36.4 Å². The van der Waals surface area contributed by atoms with Gasteiger partial charge in [0.15, 0.2) is 0 Å². The first-order valence-corrected chi connectivity index (χ1v) is 4.68. The van der Waals surface area contributed by atoms with Crippen LogP contribution in [0.5, 0.6) is 0 Å². The summed E-state index contributed by atoms with van der Waals surface area (Å²) in [5.41, 5.74) is 2.92. The zero-order chi connectivity index (χ0) is 9.80. The van der Waals surface area contributed by atoms with Crippen molar-refractivity contribution in [3.63, 3.8) is 0 Å². The molecule has 3 nitrogen and oxygen atoms in total. The maximum Gasteiger partial charge on any atom is 0.124 e. The van der Waals surface area contributed by atoms with Crippen LogP contribution in [0.2, 0.25) is 0 Å². The number of nitrogens with zero attached hydrogens (tertiary/aromatic N) is 2. The van der Waals surface area contributed by atoms with E-state index in [2.05, 4.69) is 23.3 Å². The van der Waals surface area contributed by atoms with E-state index in [9.17, 15) is 0 Å². The number of hydrogen-bond donors (Lipinski definition) is 0. The summed E-state index contributed by atoms with van der Waals surface area (Å²) in [6.07, 6.45) is 6.42. The molecule has 0 aromatic carbocycles. The van der Waals surface area contributed by atoms with E-state index >= 15 is 0 Å². The number of rotatable bonds is 3. The molecule has 0 aliphatic heterocycles. The Kier molecular flexibility index (Phi) is 2.58. The summed E-state index contributed by atoms with van der Waals surface area (Å²) in [5.74, 6) is 0. The van der Waals surface area contributed by atoms with E-state index < -0.39 is 0 Å². The summed E-state index contributed by atoms with van der Waals surface area (Å²) in [6.45, 7) is 2.13. The summed E-state index contributed by atoms with van der Waals surface area (Å²) >= 11 is 0. The molecule has 1 radical (unpaired) electrons. The predicted octanol–water partition coefficient (Wildman–Crippen LogP) is 2.49. The fourth-order valence-electron chi connectivity index (χ4n) is 1.40. The second-order valence-electron chi connectivity index (χ2n) is 3.07. The molecule has 0 fully saturated rings. The van der Waals surface area contributed by atoms with Crippen LogP contribution in [0, 0.1) is 6.20 Å². The van der Waals surface area contributed by atoms with Crippen LogP contribution in [0.15, 0.2) is 29.0 Å². The van der Waals surface area contributed by atoms with E-state index in [0.29, 0.717) is 0 Å². The standard InChI is InChI=1S/C11H11N2O/c1-2-4-10-9(5-3-7-12-10)11-6-8-14-13-11/h3,5-6,8H,2,4H2,1H3. The van der Waals surface area contributed by atoms with Crippen molar-refractivity contribution in [1.82, 2.24) is 10.1 Å². The third kappa shape index (κ3) is 1.66. The summed E-state index contributed by atoms with van der Waals surface area (Å²) in [4.78, 5) is 4.22. The fraction of sp³-hybridized carbons (Fsp3) is 0.273. The topological polar surface area (TPSA) is 38.9 Å². The molecule has 0 amide bonds. The van der Waals surface area contributed by atoms with Crippen LogP contribution in [0.25, 0.3) is 11.3 Å². The van der Waals surface area contributed by atoms with Gasteiger partial charge in [0.1, 0.15) is 12.0 Å². The molecule has 71 valence electrons. The van der Waals surface area contributed by atoms with Crippen molar-refractivity contribution < 1.29 is 4.52 Å². The smallest absolute Gasteiger partial charge is 0.124 e. The lowest BCUT2D eigenvalue weighted by Crippen LogP contribution is -1.93. The molecule has 2 heterocycles. The first-order valence-electron chi connectivity index (χ1n) is 4.68. The monoisotopic (exact) mass is 187 g/mol. The van der Waals surface area contributed by atoms with Crippen LogP contribution in [-0.4, -0.2) is 10.1 Å². The Balaban J connectivity index is 2.42. The third-order valence-corrected chi connectivity index (χ3v) is 2.04. The van der Waals surface area contributed by atoms with E-state index in [1.54, 1.807) is 12.3 Å². The number of aryl methyl sites for hydroxylation is 1. The minimum absolute atomic E-state index is 0.843. The Bertz CT molecular complexity index is 395.